The van der Waals surface area contributed by atoms with E-state index in [1.54, 1.807) is 0 Å². The fourth-order valence-corrected chi connectivity index (χ4v) is 4.46. The lowest BCUT2D eigenvalue weighted by atomic mass is 10.0. The minimum atomic E-state index is 0.104. The second-order valence-electron chi connectivity index (χ2n) is 7.65. The van der Waals surface area contributed by atoms with Crippen LogP contribution in [-0.2, 0) is 11.3 Å². The zero-order valence-electron chi connectivity index (χ0n) is 14.8. The molecule has 2 fully saturated rings. The van der Waals surface area contributed by atoms with Gasteiger partial charge in [-0.1, -0.05) is 18.9 Å². The average molecular weight is 344 g/mol. The molecule has 3 aliphatic rings. The smallest absolute Gasteiger partial charge is 0.226 e. The molecule has 2 aliphatic carbocycles. The molecule has 1 aromatic rings. The van der Waals surface area contributed by atoms with Crippen LogP contribution in [0.25, 0.3) is 0 Å². The fraction of sp³-hybridized carbons (Fsp3) is 0.650. The van der Waals surface area contributed by atoms with E-state index < -0.39 is 0 Å². The summed E-state index contributed by atoms with van der Waals surface area (Å²) >= 11 is 0. The molecule has 1 amide bonds. The summed E-state index contributed by atoms with van der Waals surface area (Å²) in [6.07, 6.45) is 7.43. The molecule has 1 aliphatic heterocycles. The predicted octanol–water partition coefficient (Wildman–Crippen LogP) is 2.86. The fourth-order valence-electron chi connectivity index (χ4n) is 4.46. The highest BCUT2D eigenvalue weighted by Crippen LogP contribution is 2.34. The first-order valence-electron chi connectivity index (χ1n) is 9.65. The number of carbonyl (C=O) groups is 1. The second kappa shape index (κ2) is 7.24. The number of fused-ring (bicyclic) bond motifs is 1. The van der Waals surface area contributed by atoms with Crippen LogP contribution in [0.1, 0.15) is 50.5 Å². The van der Waals surface area contributed by atoms with Crippen molar-refractivity contribution in [3.05, 3.63) is 23.8 Å². The van der Waals surface area contributed by atoms with Gasteiger partial charge in [0.1, 0.15) is 13.2 Å². The van der Waals surface area contributed by atoms with E-state index in [1.807, 2.05) is 12.1 Å². The van der Waals surface area contributed by atoms with E-state index in [9.17, 15) is 4.79 Å². The Morgan fingerprint density at radius 1 is 1.08 bits per heavy atom. The van der Waals surface area contributed by atoms with Crippen LogP contribution in [0, 0.1) is 5.92 Å². The van der Waals surface area contributed by atoms with E-state index in [2.05, 4.69) is 11.0 Å². The molecule has 1 aromatic carbocycles. The van der Waals surface area contributed by atoms with Crippen molar-refractivity contribution < 1.29 is 14.3 Å². The maximum absolute atomic E-state index is 13.2. The number of carbonyl (C=O) groups excluding carboxylic acids is 1. The van der Waals surface area contributed by atoms with E-state index in [1.165, 1.54) is 12.8 Å². The molecule has 5 nitrogen and oxygen atoms in total. The van der Waals surface area contributed by atoms with Crippen molar-refractivity contribution in [3.63, 3.8) is 0 Å². The number of nitrogens with zero attached hydrogens (tertiary/aromatic N) is 1. The number of hydrogen-bond acceptors (Lipinski definition) is 4. The van der Waals surface area contributed by atoms with E-state index in [0.717, 1.165) is 49.2 Å². The lowest BCUT2D eigenvalue weighted by Crippen LogP contribution is -2.41. The van der Waals surface area contributed by atoms with Crippen molar-refractivity contribution in [3.8, 4) is 11.5 Å². The van der Waals surface area contributed by atoms with Gasteiger partial charge in [0.15, 0.2) is 11.5 Å². The summed E-state index contributed by atoms with van der Waals surface area (Å²) in [5, 5.41) is 0. The summed E-state index contributed by atoms with van der Waals surface area (Å²) in [5.74, 6) is 2.00. The summed E-state index contributed by atoms with van der Waals surface area (Å²) in [4.78, 5) is 15.3. The molecule has 0 saturated heterocycles. The Hall–Kier alpha value is -1.75. The number of rotatable bonds is 4. The third-order valence-corrected chi connectivity index (χ3v) is 5.83. The Bertz CT molecular complexity index is 627. The molecule has 0 radical (unpaired) electrons. The van der Waals surface area contributed by atoms with Gasteiger partial charge in [0, 0.05) is 24.5 Å². The SMILES string of the molecule is N[C@H]1CC[C@@H](C(=O)N(Cc2ccc3c(c2)OCCO3)C2CCCC2)C1. The molecule has 2 N–H and O–H groups in total. The van der Waals surface area contributed by atoms with Gasteiger partial charge < -0.3 is 20.1 Å². The highest BCUT2D eigenvalue weighted by Gasteiger charge is 2.35. The average Bonchev–Trinajstić information content (AvgIpc) is 3.31. The van der Waals surface area contributed by atoms with Gasteiger partial charge in [0.25, 0.3) is 0 Å². The van der Waals surface area contributed by atoms with E-state index in [0.29, 0.717) is 31.7 Å². The maximum Gasteiger partial charge on any atom is 0.226 e. The molecular weight excluding hydrogens is 316 g/mol. The number of ether oxygens (including phenoxy) is 2. The summed E-state index contributed by atoms with van der Waals surface area (Å²) < 4.78 is 11.3. The van der Waals surface area contributed by atoms with Crippen molar-refractivity contribution in [1.82, 2.24) is 4.90 Å². The molecule has 1 heterocycles. The van der Waals surface area contributed by atoms with Crippen LogP contribution in [0.2, 0.25) is 0 Å². The topological polar surface area (TPSA) is 64.8 Å². The Balaban J connectivity index is 1.52. The standard InChI is InChI=1S/C20H28N2O3/c21-16-7-6-15(12-16)20(23)22(17-3-1-2-4-17)13-14-5-8-18-19(11-14)25-10-9-24-18/h5,8,11,15-17H,1-4,6-7,9-10,12-13,21H2/t15-,16+/m1/s1. The van der Waals surface area contributed by atoms with Gasteiger partial charge in [-0.3, -0.25) is 4.79 Å². The lowest BCUT2D eigenvalue weighted by molar-refractivity contribution is -0.138. The van der Waals surface area contributed by atoms with Crippen LogP contribution < -0.4 is 15.2 Å². The van der Waals surface area contributed by atoms with E-state index >= 15 is 0 Å². The number of nitrogens with two attached hydrogens (primary N) is 1. The lowest BCUT2D eigenvalue weighted by Gasteiger charge is -2.32. The van der Waals surface area contributed by atoms with Crippen LogP contribution >= 0.6 is 0 Å². The van der Waals surface area contributed by atoms with Gasteiger partial charge in [-0.2, -0.15) is 0 Å². The maximum atomic E-state index is 13.2. The second-order valence-corrected chi connectivity index (χ2v) is 7.65. The predicted molar refractivity (Wildman–Crippen MR) is 95.6 cm³/mol. The zero-order valence-corrected chi connectivity index (χ0v) is 14.8. The van der Waals surface area contributed by atoms with Crippen molar-refractivity contribution >= 4 is 5.91 Å². The van der Waals surface area contributed by atoms with Gasteiger partial charge in [-0.25, -0.2) is 0 Å². The summed E-state index contributed by atoms with van der Waals surface area (Å²) in [6.45, 7) is 1.84. The van der Waals surface area contributed by atoms with Gasteiger partial charge in [-0.05, 0) is 49.8 Å². The summed E-state index contributed by atoms with van der Waals surface area (Å²) in [7, 11) is 0. The van der Waals surface area contributed by atoms with E-state index in [-0.39, 0.29) is 12.0 Å². The van der Waals surface area contributed by atoms with Gasteiger partial charge >= 0.3 is 0 Å². The van der Waals surface area contributed by atoms with Crippen LogP contribution in [0.5, 0.6) is 11.5 Å². The normalized spacial score (nSPS) is 26.0. The number of hydrogen-bond donors (Lipinski definition) is 1. The Labute approximate surface area is 149 Å². The molecule has 0 bridgehead atoms. The minimum Gasteiger partial charge on any atom is -0.486 e. The van der Waals surface area contributed by atoms with Gasteiger partial charge in [0.2, 0.25) is 5.91 Å². The Kier molecular flexibility index (Phi) is 4.84. The molecule has 25 heavy (non-hydrogen) atoms. The third kappa shape index (κ3) is 3.61. The van der Waals surface area contributed by atoms with Crippen LogP contribution in [0.3, 0.4) is 0 Å². The Morgan fingerprint density at radius 2 is 1.84 bits per heavy atom. The highest BCUT2D eigenvalue weighted by atomic mass is 16.6. The van der Waals surface area contributed by atoms with Crippen LogP contribution in [0.15, 0.2) is 18.2 Å². The first-order chi connectivity index (χ1) is 12.2. The number of amides is 1. The molecular formula is C20H28N2O3. The van der Waals surface area contributed by atoms with Gasteiger partial charge in [-0.15, -0.1) is 0 Å². The van der Waals surface area contributed by atoms with Crippen molar-refractivity contribution in [2.75, 3.05) is 13.2 Å². The minimum absolute atomic E-state index is 0.104. The third-order valence-electron chi connectivity index (χ3n) is 5.83. The molecule has 4 rings (SSSR count). The first-order valence-corrected chi connectivity index (χ1v) is 9.65. The molecule has 5 heteroatoms. The molecule has 0 aromatic heterocycles. The summed E-state index contributed by atoms with van der Waals surface area (Å²) in [5.41, 5.74) is 7.16. The molecule has 0 spiro atoms. The monoisotopic (exact) mass is 344 g/mol. The zero-order chi connectivity index (χ0) is 17.2. The van der Waals surface area contributed by atoms with Crippen LogP contribution in [-0.4, -0.2) is 36.1 Å². The van der Waals surface area contributed by atoms with Crippen molar-refractivity contribution in [1.29, 1.82) is 0 Å². The van der Waals surface area contributed by atoms with Gasteiger partial charge in [0.05, 0.1) is 0 Å². The molecule has 2 saturated carbocycles. The van der Waals surface area contributed by atoms with Crippen LogP contribution in [0.4, 0.5) is 0 Å². The highest BCUT2D eigenvalue weighted by molar-refractivity contribution is 5.79. The summed E-state index contributed by atoms with van der Waals surface area (Å²) in [6, 6.07) is 6.62. The quantitative estimate of drug-likeness (QED) is 0.912. The van der Waals surface area contributed by atoms with Crippen molar-refractivity contribution in [2.24, 2.45) is 11.7 Å². The Morgan fingerprint density at radius 3 is 2.56 bits per heavy atom. The molecule has 2 atom stereocenters. The van der Waals surface area contributed by atoms with E-state index in [4.69, 9.17) is 15.2 Å². The first kappa shape index (κ1) is 16.7. The molecule has 0 unspecified atom stereocenters. The largest absolute Gasteiger partial charge is 0.486 e. The number of benzene rings is 1. The molecule has 136 valence electrons. The van der Waals surface area contributed by atoms with Crippen molar-refractivity contribution in [2.45, 2.75) is 63.6 Å².